The molecule has 5 aromatic rings. The van der Waals surface area contributed by atoms with Gasteiger partial charge in [0.15, 0.2) is 11.5 Å². The van der Waals surface area contributed by atoms with Crippen molar-refractivity contribution in [3.05, 3.63) is 88.8 Å². The van der Waals surface area contributed by atoms with Crippen molar-refractivity contribution in [1.29, 1.82) is 0 Å². The highest BCUT2D eigenvalue weighted by atomic mass is 35.5. The van der Waals surface area contributed by atoms with Gasteiger partial charge in [0, 0.05) is 68.8 Å². The number of halogens is 1. The Kier molecular flexibility index (Phi) is 11.1. The molecule has 0 radical (unpaired) electrons. The molecule has 10 rings (SSSR count). The topological polar surface area (TPSA) is 166 Å². The third-order valence-electron chi connectivity index (χ3n) is 12.8. The number of aromatic nitrogens is 4. The zero-order valence-corrected chi connectivity index (χ0v) is 34.8. The molecule has 60 heavy (non-hydrogen) atoms. The number of imide groups is 1. The number of hydrogen-bond donors (Lipinski definition) is 4. The van der Waals surface area contributed by atoms with E-state index in [1.807, 2.05) is 31.4 Å². The van der Waals surface area contributed by atoms with Crippen LogP contribution in [0.1, 0.15) is 79.4 Å². The van der Waals surface area contributed by atoms with Crippen molar-refractivity contribution in [2.45, 2.75) is 76.8 Å². The fourth-order valence-corrected chi connectivity index (χ4v) is 9.28. The zero-order valence-electron chi connectivity index (χ0n) is 34.1. The summed E-state index contributed by atoms with van der Waals surface area (Å²) in [5.41, 5.74) is 14.9. The van der Waals surface area contributed by atoms with E-state index in [1.165, 1.54) is 53.9 Å². The van der Waals surface area contributed by atoms with Crippen LogP contribution in [0.2, 0.25) is 5.02 Å². The first kappa shape index (κ1) is 39.7. The molecule has 5 N–H and O–H groups in total. The first-order valence-corrected chi connectivity index (χ1v) is 21.6. The van der Waals surface area contributed by atoms with Gasteiger partial charge in [-0.2, -0.15) is 0 Å². The molecule has 2 aromatic carbocycles. The lowest BCUT2D eigenvalue weighted by Gasteiger charge is -2.47. The van der Waals surface area contributed by atoms with Crippen LogP contribution in [-0.4, -0.2) is 88.0 Å². The van der Waals surface area contributed by atoms with E-state index in [-0.39, 0.29) is 17.5 Å². The molecule has 3 amide bonds. The van der Waals surface area contributed by atoms with Gasteiger partial charge in [0.25, 0.3) is 5.91 Å². The molecule has 4 aliphatic heterocycles. The molecule has 15 heteroatoms. The van der Waals surface area contributed by atoms with E-state index >= 15 is 0 Å². The molecular weight excluding hydrogens is 778 g/mol. The normalized spacial score (nSPS) is 19.7. The van der Waals surface area contributed by atoms with Gasteiger partial charge < -0.3 is 26.2 Å². The largest absolute Gasteiger partial charge is 0.385 e. The number of amides is 3. The summed E-state index contributed by atoms with van der Waals surface area (Å²) in [4.78, 5) is 52.3. The number of hydrogen-bond acceptors (Lipinski definition) is 11. The number of fused-ring (bicyclic) bond motifs is 2. The molecule has 1 aliphatic carbocycles. The van der Waals surface area contributed by atoms with Crippen LogP contribution < -0.4 is 31.5 Å². The van der Waals surface area contributed by atoms with Crippen LogP contribution in [0, 0.1) is 5.41 Å². The van der Waals surface area contributed by atoms with Gasteiger partial charge in [-0.3, -0.25) is 29.6 Å². The van der Waals surface area contributed by atoms with E-state index in [0.717, 1.165) is 86.9 Å². The minimum absolute atomic E-state index is 0.231. The number of rotatable bonds is 9. The van der Waals surface area contributed by atoms with Gasteiger partial charge in [-0.05, 0) is 98.5 Å². The Morgan fingerprint density at radius 1 is 0.917 bits per heavy atom. The predicted octanol–water partition coefficient (Wildman–Crippen LogP) is 6.55. The highest BCUT2D eigenvalue weighted by Crippen LogP contribution is 2.44. The van der Waals surface area contributed by atoms with Crippen molar-refractivity contribution >= 4 is 63.5 Å². The molecular formula is C45H52ClN11O3. The number of nitrogens with zero attached hydrogens (tertiary/aromatic N) is 7. The second kappa shape index (κ2) is 16.7. The van der Waals surface area contributed by atoms with Gasteiger partial charge in [0.05, 0.1) is 28.3 Å². The number of likely N-dealkylation sites (tertiary alicyclic amines) is 1. The molecule has 312 valence electrons. The Bertz CT molecular complexity index is 2410. The number of imidazole rings is 1. The number of carbonyl (C=O) groups is 3. The Morgan fingerprint density at radius 3 is 2.38 bits per heavy atom. The average molecular weight is 830 g/mol. The molecule has 14 nitrogen and oxygen atoms in total. The Hall–Kier alpha value is -5.73. The van der Waals surface area contributed by atoms with E-state index < -0.39 is 11.9 Å². The summed E-state index contributed by atoms with van der Waals surface area (Å²) in [5.74, 6) is -0.408. The van der Waals surface area contributed by atoms with Crippen LogP contribution in [0.3, 0.4) is 0 Å². The van der Waals surface area contributed by atoms with Gasteiger partial charge in [-0.25, -0.2) is 9.50 Å². The van der Waals surface area contributed by atoms with E-state index in [1.54, 1.807) is 0 Å². The predicted molar refractivity (Wildman–Crippen MR) is 235 cm³/mol. The standard InChI is InChI=1S/C42H46ClN11O3.C3H6/c1-45-34-22-37(50-54-36(39(44)56)24-47-40(34)54)53-16-11-29-28(3-2-4-35(29)53)31-7-5-26(23-46-31)25-51-17-12-42(13-18-51)14-19-52(20-15-42)27-6-8-32(30(43)21-27)48-33-9-10-38(55)49-41(33)57;1-2-3-1/h2-8,21-24,33,45,48H,9-20,25H2,1H3,(H2,44,56)(H,49,55,57);1-3H2. The van der Waals surface area contributed by atoms with Crippen molar-refractivity contribution in [2.24, 2.45) is 11.1 Å². The number of nitrogens with two attached hydrogens (primary N) is 1. The Balaban J connectivity index is 0.00000148. The maximum atomic E-state index is 12.2. The van der Waals surface area contributed by atoms with Crippen LogP contribution in [-0.2, 0) is 22.6 Å². The summed E-state index contributed by atoms with van der Waals surface area (Å²) in [6.45, 7) is 5.76. The second-order valence-corrected chi connectivity index (χ2v) is 17.2. The monoisotopic (exact) mass is 829 g/mol. The zero-order chi connectivity index (χ0) is 41.4. The molecule has 1 unspecified atom stereocenters. The van der Waals surface area contributed by atoms with E-state index in [9.17, 15) is 14.4 Å². The van der Waals surface area contributed by atoms with Crippen molar-refractivity contribution in [2.75, 3.05) is 60.2 Å². The van der Waals surface area contributed by atoms with Crippen molar-refractivity contribution < 1.29 is 14.4 Å². The van der Waals surface area contributed by atoms with Gasteiger partial charge in [-0.1, -0.05) is 49.1 Å². The van der Waals surface area contributed by atoms with E-state index in [2.05, 4.69) is 72.0 Å². The number of piperidine rings is 3. The van der Waals surface area contributed by atoms with E-state index in [4.69, 9.17) is 27.4 Å². The minimum atomic E-state index is -0.579. The minimum Gasteiger partial charge on any atom is -0.385 e. The summed E-state index contributed by atoms with van der Waals surface area (Å²) in [6, 6.07) is 18.2. The van der Waals surface area contributed by atoms with Crippen LogP contribution in [0.25, 0.3) is 16.9 Å². The Morgan fingerprint density at radius 2 is 1.70 bits per heavy atom. The summed E-state index contributed by atoms with van der Waals surface area (Å²) < 4.78 is 1.52. The maximum Gasteiger partial charge on any atom is 0.269 e. The summed E-state index contributed by atoms with van der Waals surface area (Å²) in [7, 11) is 1.82. The molecule has 4 fully saturated rings. The average Bonchev–Trinajstić information content (AvgIpc) is 3.98. The number of pyridine rings is 1. The first-order chi connectivity index (χ1) is 29.2. The van der Waals surface area contributed by atoms with Gasteiger partial charge in [0.2, 0.25) is 11.8 Å². The fourth-order valence-electron chi connectivity index (χ4n) is 9.05. The van der Waals surface area contributed by atoms with Gasteiger partial charge >= 0.3 is 0 Å². The summed E-state index contributed by atoms with van der Waals surface area (Å²) in [6.07, 6.45) is 14.3. The SMILES string of the molecule is C1CC1.CNc1cc(N2CCc3c(-c4ccc(CN5CCC6(CC5)CCN(c5ccc(NC7CCC(=O)NC7=O)c(Cl)c5)CC6)cn4)cccc32)nn2c(C(N)=O)cnc12. The number of benzene rings is 2. The lowest BCUT2D eigenvalue weighted by Crippen LogP contribution is -2.47. The summed E-state index contributed by atoms with van der Waals surface area (Å²) in [5, 5.41) is 14.1. The number of carbonyl (C=O) groups excluding carboxylic acids is 3. The Labute approximate surface area is 354 Å². The van der Waals surface area contributed by atoms with Crippen molar-refractivity contribution in [3.63, 3.8) is 0 Å². The van der Waals surface area contributed by atoms with Crippen molar-refractivity contribution in [3.8, 4) is 11.3 Å². The lowest BCUT2D eigenvalue weighted by atomic mass is 9.71. The van der Waals surface area contributed by atoms with Crippen LogP contribution in [0.4, 0.5) is 28.6 Å². The number of primary amides is 1. The molecule has 7 heterocycles. The molecule has 1 atom stereocenters. The third kappa shape index (κ3) is 8.22. The quantitative estimate of drug-likeness (QED) is 0.119. The van der Waals surface area contributed by atoms with Gasteiger partial charge in [0.1, 0.15) is 11.7 Å². The second-order valence-electron chi connectivity index (χ2n) is 16.8. The first-order valence-electron chi connectivity index (χ1n) is 21.3. The molecule has 1 spiro atoms. The molecule has 3 saturated heterocycles. The van der Waals surface area contributed by atoms with Crippen LogP contribution >= 0.6 is 11.6 Å². The third-order valence-corrected chi connectivity index (χ3v) is 13.1. The molecule has 0 bridgehead atoms. The number of nitrogens with one attached hydrogen (secondary N) is 3. The van der Waals surface area contributed by atoms with Gasteiger partial charge in [-0.15, -0.1) is 5.10 Å². The fraction of sp³-hybridized carbons (Fsp3) is 0.422. The van der Waals surface area contributed by atoms with Crippen molar-refractivity contribution in [1.82, 2.24) is 29.8 Å². The lowest BCUT2D eigenvalue weighted by molar-refractivity contribution is -0.133. The highest BCUT2D eigenvalue weighted by Gasteiger charge is 2.38. The van der Waals surface area contributed by atoms with Crippen LogP contribution in [0.5, 0.6) is 0 Å². The molecule has 1 saturated carbocycles. The number of anilines is 5. The van der Waals surface area contributed by atoms with Crippen LogP contribution in [0.15, 0.2) is 67.0 Å². The van der Waals surface area contributed by atoms with E-state index in [0.29, 0.717) is 40.4 Å². The smallest absolute Gasteiger partial charge is 0.269 e. The molecule has 5 aliphatic rings. The highest BCUT2D eigenvalue weighted by molar-refractivity contribution is 6.33. The maximum absolute atomic E-state index is 12.2. The summed E-state index contributed by atoms with van der Waals surface area (Å²) >= 11 is 6.67. The molecule has 3 aromatic heterocycles.